The van der Waals surface area contributed by atoms with Gasteiger partial charge in [0.1, 0.15) is 0 Å². The smallest absolute Gasteiger partial charge is 0.376 e. The molecular weight excluding hydrogens is 297 g/mol. The fourth-order valence-corrected chi connectivity index (χ4v) is 2.98. The molecule has 5 heteroatoms. The monoisotopic (exact) mass is 308 g/mol. The Balaban J connectivity index is 2.69. The molecule has 0 heterocycles. The molecule has 1 unspecified atom stereocenters. The van der Waals surface area contributed by atoms with Crippen LogP contribution < -0.4 is 0 Å². The quantitative estimate of drug-likeness (QED) is 0.773. The number of hydrogen-bond donors (Lipinski definition) is 1. The highest BCUT2D eigenvalue weighted by Gasteiger charge is 2.66. The third kappa shape index (κ3) is 1.63. The van der Waals surface area contributed by atoms with Crippen molar-refractivity contribution in [1.82, 2.24) is 0 Å². The molecule has 2 rings (SSSR count). The third-order valence-electron chi connectivity index (χ3n) is 3.48. The lowest BCUT2D eigenvalue weighted by Gasteiger charge is -2.38. The molecule has 1 aliphatic rings. The van der Waals surface area contributed by atoms with E-state index in [2.05, 4.69) is 15.9 Å². The van der Waals surface area contributed by atoms with Crippen LogP contribution in [0.5, 0.6) is 0 Å². The maximum Gasteiger partial charge on any atom is 0.421 e. The minimum atomic E-state index is -4.67. The van der Waals surface area contributed by atoms with E-state index >= 15 is 0 Å². The SMILES string of the molecule is CC1(C)Cc2cc(Br)ccc2C1(O)C(F)(F)F. The molecule has 0 spiro atoms. The van der Waals surface area contributed by atoms with Crippen LogP contribution in [0.2, 0.25) is 0 Å². The molecule has 0 amide bonds. The number of aliphatic hydroxyl groups is 1. The fourth-order valence-electron chi connectivity index (χ4n) is 2.57. The minimum Gasteiger partial charge on any atom is -0.376 e. The Labute approximate surface area is 106 Å². The van der Waals surface area contributed by atoms with Gasteiger partial charge in [0.05, 0.1) is 0 Å². The molecule has 1 N–H and O–H groups in total. The second-order valence-corrected chi connectivity index (χ2v) is 5.99. The molecule has 0 fully saturated rings. The van der Waals surface area contributed by atoms with Gasteiger partial charge in [-0.1, -0.05) is 35.8 Å². The standard InChI is InChI=1S/C12H12BrF3O/c1-10(2)6-7-5-8(13)3-4-9(7)11(10,17)12(14,15)16/h3-5,17H,6H2,1-2H3. The van der Waals surface area contributed by atoms with Crippen LogP contribution >= 0.6 is 15.9 Å². The van der Waals surface area contributed by atoms with E-state index in [1.807, 2.05) is 0 Å². The summed E-state index contributed by atoms with van der Waals surface area (Å²) in [7, 11) is 0. The first kappa shape index (κ1) is 12.9. The molecule has 1 aromatic carbocycles. The summed E-state index contributed by atoms with van der Waals surface area (Å²) in [6.07, 6.45) is -4.46. The van der Waals surface area contributed by atoms with Crippen molar-refractivity contribution in [3.63, 3.8) is 0 Å². The maximum atomic E-state index is 13.2. The van der Waals surface area contributed by atoms with Gasteiger partial charge in [-0.3, -0.25) is 0 Å². The molecule has 0 aliphatic heterocycles. The van der Waals surface area contributed by atoms with Gasteiger partial charge >= 0.3 is 6.18 Å². The first-order valence-electron chi connectivity index (χ1n) is 5.17. The van der Waals surface area contributed by atoms with E-state index in [0.717, 1.165) is 4.47 Å². The molecule has 1 atom stereocenters. The predicted octanol–water partition coefficient (Wildman–Crippen LogP) is 3.78. The highest BCUT2D eigenvalue weighted by atomic mass is 79.9. The zero-order valence-corrected chi connectivity index (χ0v) is 11.0. The van der Waals surface area contributed by atoms with Gasteiger partial charge in [0.25, 0.3) is 0 Å². The summed E-state index contributed by atoms with van der Waals surface area (Å²) in [6, 6.07) is 4.51. The van der Waals surface area contributed by atoms with Crippen LogP contribution in [0.4, 0.5) is 13.2 Å². The number of alkyl halides is 3. The van der Waals surface area contributed by atoms with Crippen LogP contribution in [-0.4, -0.2) is 11.3 Å². The molecule has 0 bridgehead atoms. The molecule has 0 saturated heterocycles. The number of benzene rings is 1. The molecule has 1 aliphatic carbocycles. The van der Waals surface area contributed by atoms with Crippen molar-refractivity contribution in [2.75, 3.05) is 0 Å². The van der Waals surface area contributed by atoms with E-state index in [4.69, 9.17) is 0 Å². The molecule has 17 heavy (non-hydrogen) atoms. The van der Waals surface area contributed by atoms with Gasteiger partial charge in [-0.05, 0) is 29.7 Å². The predicted molar refractivity (Wildman–Crippen MR) is 61.6 cm³/mol. The number of halogens is 4. The van der Waals surface area contributed by atoms with Crippen LogP contribution in [0, 0.1) is 5.41 Å². The molecular formula is C12H12BrF3O. The summed E-state index contributed by atoms with van der Waals surface area (Å²) in [5.41, 5.74) is -3.51. The zero-order chi connectivity index (χ0) is 13.1. The van der Waals surface area contributed by atoms with Crippen LogP contribution in [-0.2, 0) is 12.0 Å². The minimum absolute atomic E-state index is 0.0294. The molecule has 94 valence electrons. The van der Waals surface area contributed by atoms with Crippen LogP contribution in [0.3, 0.4) is 0 Å². The van der Waals surface area contributed by atoms with Gasteiger partial charge in [-0.2, -0.15) is 13.2 Å². The Morgan fingerprint density at radius 1 is 1.29 bits per heavy atom. The summed E-state index contributed by atoms with van der Waals surface area (Å²) in [5, 5.41) is 10.2. The summed E-state index contributed by atoms with van der Waals surface area (Å²) in [6.45, 7) is 2.88. The van der Waals surface area contributed by atoms with Gasteiger partial charge in [-0.15, -0.1) is 0 Å². The summed E-state index contributed by atoms with van der Waals surface area (Å²) < 4.78 is 40.2. The molecule has 1 nitrogen and oxygen atoms in total. The lowest BCUT2D eigenvalue weighted by molar-refractivity contribution is -0.299. The van der Waals surface area contributed by atoms with Crippen molar-refractivity contribution in [3.8, 4) is 0 Å². The Morgan fingerprint density at radius 2 is 1.88 bits per heavy atom. The second-order valence-electron chi connectivity index (χ2n) is 5.07. The fraction of sp³-hybridized carbons (Fsp3) is 0.500. The van der Waals surface area contributed by atoms with Gasteiger partial charge in [-0.25, -0.2) is 0 Å². The summed E-state index contributed by atoms with van der Waals surface area (Å²) in [4.78, 5) is 0. The largest absolute Gasteiger partial charge is 0.421 e. The van der Waals surface area contributed by atoms with Gasteiger partial charge in [0.2, 0.25) is 0 Å². The van der Waals surface area contributed by atoms with E-state index in [-0.39, 0.29) is 12.0 Å². The average Bonchev–Trinajstić information content (AvgIpc) is 2.33. The Hall–Kier alpha value is -0.550. The van der Waals surface area contributed by atoms with E-state index in [9.17, 15) is 18.3 Å². The number of hydrogen-bond acceptors (Lipinski definition) is 1. The first-order valence-corrected chi connectivity index (χ1v) is 5.97. The first-order chi connectivity index (χ1) is 7.59. The average molecular weight is 309 g/mol. The number of fused-ring (bicyclic) bond motifs is 1. The van der Waals surface area contributed by atoms with Crippen LogP contribution in [0.15, 0.2) is 22.7 Å². The van der Waals surface area contributed by atoms with Gasteiger partial charge in [0, 0.05) is 9.89 Å². The van der Waals surface area contributed by atoms with E-state index in [1.54, 1.807) is 6.07 Å². The Bertz CT molecular complexity index is 467. The topological polar surface area (TPSA) is 20.2 Å². The third-order valence-corrected chi connectivity index (χ3v) is 3.97. The van der Waals surface area contributed by atoms with Crippen molar-refractivity contribution in [1.29, 1.82) is 0 Å². The van der Waals surface area contributed by atoms with Gasteiger partial charge < -0.3 is 5.11 Å². The molecule has 1 aromatic rings. The lowest BCUT2D eigenvalue weighted by atomic mass is 9.75. The molecule has 0 saturated carbocycles. The van der Waals surface area contributed by atoms with E-state index < -0.39 is 17.2 Å². The van der Waals surface area contributed by atoms with Crippen molar-refractivity contribution in [2.24, 2.45) is 5.41 Å². The number of rotatable bonds is 0. The maximum absolute atomic E-state index is 13.2. The van der Waals surface area contributed by atoms with E-state index in [0.29, 0.717) is 5.56 Å². The van der Waals surface area contributed by atoms with Crippen LogP contribution in [0.1, 0.15) is 25.0 Å². The molecule has 0 aromatic heterocycles. The zero-order valence-electron chi connectivity index (χ0n) is 9.40. The van der Waals surface area contributed by atoms with Crippen molar-refractivity contribution in [2.45, 2.75) is 32.0 Å². The Morgan fingerprint density at radius 3 is 2.41 bits per heavy atom. The lowest BCUT2D eigenvalue weighted by Crippen LogP contribution is -2.50. The van der Waals surface area contributed by atoms with E-state index in [1.165, 1.54) is 26.0 Å². The van der Waals surface area contributed by atoms with Crippen molar-refractivity contribution < 1.29 is 18.3 Å². The van der Waals surface area contributed by atoms with Gasteiger partial charge in [0.15, 0.2) is 5.60 Å². The summed E-state index contributed by atoms with van der Waals surface area (Å²) in [5.74, 6) is 0. The molecule has 0 radical (unpaired) electrons. The Kier molecular flexibility index (Phi) is 2.64. The highest BCUT2D eigenvalue weighted by molar-refractivity contribution is 9.10. The normalized spacial score (nSPS) is 27.0. The summed E-state index contributed by atoms with van der Waals surface area (Å²) >= 11 is 3.23. The highest BCUT2D eigenvalue weighted by Crippen LogP contribution is 2.57. The van der Waals surface area contributed by atoms with Crippen LogP contribution in [0.25, 0.3) is 0 Å². The van der Waals surface area contributed by atoms with Crippen molar-refractivity contribution >= 4 is 15.9 Å². The van der Waals surface area contributed by atoms with Crippen molar-refractivity contribution in [3.05, 3.63) is 33.8 Å². The second kappa shape index (κ2) is 3.48.